The summed E-state index contributed by atoms with van der Waals surface area (Å²) in [5, 5.41) is 24.5. The highest BCUT2D eigenvalue weighted by molar-refractivity contribution is 7.08. The molecular weight excluding hydrogens is 258 g/mol. The Balaban J connectivity index is 1.79. The number of carbonyl (C=O) groups excluding carboxylic acids is 2. The maximum absolute atomic E-state index is 11.8. The number of aromatic hydroxyl groups is 1. The lowest BCUT2D eigenvalue weighted by Gasteiger charge is -2.16. The van der Waals surface area contributed by atoms with E-state index in [1.54, 1.807) is 0 Å². The molecule has 1 aliphatic carbocycles. The van der Waals surface area contributed by atoms with E-state index < -0.39 is 24.2 Å². The Morgan fingerprint density at radius 1 is 1.44 bits per heavy atom. The van der Waals surface area contributed by atoms with Crippen LogP contribution in [0.2, 0.25) is 0 Å². The minimum Gasteiger partial charge on any atom is -0.506 e. The van der Waals surface area contributed by atoms with E-state index >= 15 is 0 Å². The predicted octanol–water partition coefficient (Wildman–Crippen LogP) is -0.222. The first kappa shape index (κ1) is 11.4. The number of carbonyl (C=O) groups is 2. The molecule has 18 heavy (non-hydrogen) atoms. The largest absolute Gasteiger partial charge is 0.506 e. The van der Waals surface area contributed by atoms with Crippen molar-refractivity contribution in [3.8, 4) is 5.75 Å². The summed E-state index contributed by atoms with van der Waals surface area (Å²) in [7, 11) is 0. The Bertz CT molecular complexity index is 564. The van der Waals surface area contributed by atoms with Gasteiger partial charge >= 0.3 is 0 Å². The van der Waals surface area contributed by atoms with Gasteiger partial charge in [0.2, 0.25) is 0 Å². The van der Waals surface area contributed by atoms with Gasteiger partial charge in [0.05, 0.1) is 11.3 Å². The normalized spacial score (nSPS) is 29.5. The first-order chi connectivity index (χ1) is 8.58. The second-order valence-electron chi connectivity index (χ2n) is 4.09. The maximum atomic E-state index is 11.8. The second kappa shape index (κ2) is 3.91. The van der Waals surface area contributed by atoms with E-state index in [9.17, 15) is 19.8 Å². The third-order valence-corrected chi connectivity index (χ3v) is 3.61. The molecule has 7 heteroatoms. The molecule has 1 aliphatic heterocycles. The Kier molecular flexibility index (Phi) is 2.47. The maximum Gasteiger partial charge on any atom is 0.260 e. The third kappa shape index (κ3) is 1.72. The van der Waals surface area contributed by atoms with Crippen molar-refractivity contribution in [2.24, 2.45) is 0 Å². The van der Waals surface area contributed by atoms with Crippen LogP contribution in [0.1, 0.15) is 10.4 Å². The first-order valence-corrected chi connectivity index (χ1v) is 6.17. The highest BCUT2D eigenvalue weighted by Gasteiger charge is 2.53. The van der Waals surface area contributed by atoms with Gasteiger partial charge in [-0.2, -0.15) is 0 Å². The minimum absolute atomic E-state index is 0.106. The molecule has 0 spiro atoms. The summed E-state index contributed by atoms with van der Waals surface area (Å²) in [5.74, 6) is -0.962. The molecule has 3 N–H and O–H groups in total. The molecule has 3 rings (SSSR count). The van der Waals surface area contributed by atoms with Crippen molar-refractivity contribution in [3.05, 3.63) is 28.1 Å². The zero-order chi connectivity index (χ0) is 12.9. The molecule has 2 heterocycles. The lowest BCUT2D eigenvalue weighted by molar-refractivity contribution is -0.116. The van der Waals surface area contributed by atoms with Gasteiger partial charge < -0.3 is 20.3 Å². The summed E-state index contributed by atoms with van der Waals surface area (Å²) < 4.78 is 4.98. The van der Waals surface area contributed by atoms with Crippen LogP contribution in [0.25, 0.3) is 0 Å². The molecule has 0 bridgehead atoms. The lowest BCUT2D eigenvalue weighted by Crippen LogP contribution is -2.37. The highest BCUT2D eigenvalue weighted by atomic mass is 32.1. The smallest absolute Gasteiger partial charge is 0.260 e. The molecule has 6 nitrogen and oxygen atoms in total. The predicted molar refractivity (Wildman–Crippen MR) is 61.2 cm³/mol. The summed E-state index contributed by atoms with van der Waals surface area (Å²) in [4.78, 5) is 23.2. The number of epoxide rings is 1. The van der Waals surface area contributed by atoms with Crippen LogP contribution in [0.3, 0.4) is 0 Å². The van der Waals surface area contributed by atoms with Crippen molar-refractivity contribution in [1.29, 1.82) is 0 Å². The van der Waals surface area contributed by atoms with Crippen molar-refractivity contribution in [3.63, 3.8) is 0 Å². The quantitative estimate of drug-likeness (QED) is 0.643. The van der Waals surface area contributed by atoms with Crippen LogP contribution < -0.4 is 5.32 Å². The fourth-order valence-electron chi connectivity index (χ4n) is 1.86. The van der Waals surface area contributed by atoms with Gasteiger partial charge in [0, 0.05) is 16.8 Å². The fourth-order valence-corrected chi connectivity index (χ4v) is 2.55. The van der Waals surface area contributed by atoms with Crippen molar-refractivity contribution < 1.29 is 24.5 Å². The van der Waals surface area contributed by atoms with E-state index in [0.29, 0.717) is 0 Å². The molecule has 1 aromatic rings. The van der Waals surface area contributed by atoms with E-state index in [1.807, 2.05) is 0 Å². The zero-order valence-electron chi connectivity index (χ0n) is 8.99. The van der Waals surface area contributed by atoms with E-state index in [0.717, 1.165) is 0 Å². The van der Waals surface area contributed by atoms with E-state index in [4.69, 9.17) is 4.74 Å². The minimum atomic E-state index is -1.02. The van der Waals surface area contributed by atoms with Crippen LogP contribution in [0, 0.1) is 0 Å². The van der Waals surface area contributed by atoms with Crippen molar-refractivity contribution in [2.45, 2.75) is 18.3 Å². The SMILES string of the molecule is O=C(NC1=CC(=O)C2OC2C1O)c1cscc1O. The van der Waals surface area contributed by atoms with Crippen molar-refractivity contribution >= 4 is 23.0 Å². The number of nitrogens with one attached hydrogen (secondary N) is 1. The summed E-state index contributed by atoms with van der Waals surface area (Å²) in [6.07, 6.45) is -0.985. The molecule has 94 valence electrons. The van der Waals surface area contributed by atoms with Crippen molar-refractivity contribution in [1.82, 2.24) is 5.32 Å². The number of amides is 1. The molecular formula is C11H9NO5S. The Morgan fingerprint density at radius 2 is 2.22 bits per heavy atom. The number of fused-ring (bicyclic) bond motifs is 1. The zero-order valence-corrected chi connectivity index (χ0v) is 9.81. The molecule has 3 atom stereocenters. The number of hydrogen-bond donors (Lipinski definition) is 3. The van der Waals surface area contributed by atoms with Gasteiger partial charge in [-0.05, 0) is 0 Å². The number of rotatable bonds is 2. The van der Waals surface area contributed by atoms with Crippen molar-refractivity contribution in [2.75, 3.05) is 0 Å². The average molecular weight is 267 g/mol. The highest BCUT2D eigenvalue weighted by Crippen LogP contribution is 2.33. The second-order valence-corrected chi connectivity index (χ2v) is 4.84. The van der Waals surface area contributed by atoms with Crippen LogP contribution in [-0.2, 0) is 9.53 Å². The number of aliphatic hydroxyl groups is 1. The van der Waals surface area contributed by atoms with Gasteiger partial charge in [0.25, 0.3) is 5.91 Å². The Morgan fingerprint density at radius 3 is 2.89 bits per heavy atom. The van der Waals surface area contributed by atoms with E-state index in [2.05, 4.69) is 5.32 Å². The Hall–Kier alpha value is -1.70. The number of hydrogen-bond acceptors (Lipinski definition) is 6. The molecule has 0 aromatic carbocycles. The van der Waals surface area contributed by atoms with Gasteiger partial charge in [-0.1, -0.05) is 0 Å². The number of aliphatic hydroxyl groups excluding tert-OH is 1. The van der Waals surface area contributed by atoms with Crippen LogP contribution in [0.5, 0.6) is 5.75 Å². The first-order valence-electron chi connectivity index (χ1n) is 5.23. The van der Waals surface area contributed by atoms with Gasteiger partial charge in [-0.25, -0.2) is 0 Å². The van der Waals surface area contributed by atoms with Gasteiger partial charge in [-0.15, -0.1) is 11.3 Å². The molecule has 1 aromatic heterocycles. The van der Waals surface area contributed by atoms with Gasteiger partial charge in [-0.3, -0.25) is 9.59 Å². The summed E-state index contributed by atoms with van der Waals surface area (Å²) >= 11 is 1.18. The number of ether oxygens (including phenoxy) is 1. The average Bonchev–Trinajstić information content (AvgIpc) is 3.03. The van der Waals surface area contributed by atoms with Gasteiger partial charge in [0.15, 0.2) is 5.78 Å². The summed E-state index contributed by atoms with van der Waals surface area (Å²) in [6, 6.07) is 0. The molecule has 1 amide bonds. The van der Waals surface area contributed by atoms with Crippen LogP contribution in [-0.4, -0.2) is 40.2 Å². The summed E-state index contributed by atoms with van der Waals surface area (Å²) in [6.45, 7) is 0. The van der Waals surface area contributed by atoms with E-state index in [-0.39, 0.29) is 22.8 Å². The molecule has 3 unspecified atom stereocenters. The third-order valence-electron chi connectivity index (χ3n) is 2.88. The van der Waals surface area contributed by atoms with Crippen LogP contribution in [0.15, 0.2) is 22.5 Å². The molecule has 0 radical (unpaired) electrons. The number of ketones is 1. The van der Waals surface area contributed by atoms with Crippen LogP contribution in [0.4, 0.5) is 0 Å². The molecule has 1 fully saturated rings. The number of thiophene rings is 1. The molecule has 2 aliphatic rings. The van der Waals surface area contributed by atoms with E-state index in [1.165, 1.54) is 28.2 Å². The molecule has 0 saturated carbocycles. The Labute approximate surface area is 106 Å². The van der Waals surface area contributed by atoms with Crippen LogP contribution >= 0.6 is 11.3 Å². The molecule has 1 saturated heterocycles. The summed E-state index contributed by atoms with van der Waals surface area (Å²) in [5.41, 5.74) is 0.216. The monoisotopic (exact) mass is 267 g/mol. The lowest BCUT2D eigenvalue weighted by atomic mass is 10.0. The topological polar surface area (TPSA) is 99.2 Å². The fraction of sp³-hybridized carbons (Fsp3) is 0.273. The van der Waals surface area contributed by atoms with Gasteiger partial charge in [0.1, 0.15) is 24.1 Å². The standard InChI is InChI=1S/C11H9NO5S/c13-6-1-5(8(15)10-9(6)17-10)12-11(16)4-2-18-3-7(4)14/h1-3,8-10,14-15H,(H,12,16).